The van der Waals surface area contributed by atoms with Gasteiger partial charge in [0.05, 0.1) is 17.8 Å². The van der Waals surface area contributed by atoms with Crippen LogP contribution in [0.1, 0.15) is 18.1 Å². The molecule has 0 fully saturated rings. The Labute approximate surface area is 168 Å². The molecular formula is C19H18ClN3O4S. The molecule has 2 heterocycles. The quantitative estimate of drug-likeness (QED) is 0.828. The van der Waals surface area contributed by atoms with Crippen LogP contribution in [0.15, 0.2) is 40.2 Å². The van der Waals surface area contributed by atoms with E-state index in [4.69, 9.17) is 16.3 Å². The van der Waals surface area contributed by atoms with Crippen molar-refractivity contribution in [2.75, 3.05) is 18.6 Å². The van der Waals surface area contributed by atoms with E-state index in [1.54, 1.807) is 30.2 Å². The molecule has 9 heteroatoms. The van der Waals surface area contributed by atoms with Gasteiger partial charge in [0.2, 0.25) is 5.91 Å². The molecule has 0 aliphatic carbocycles. The number of carbonyl (C=O) groups is 1. The van der Waals surface area contributed by atoms with E-state index in [0.717, 1.165) is 11.1 Å². The van der Waals surface area contributed by atoms with E-state index >= 15 is 0 Å². The number of rotatable bonds is 3. The van der Waals surface area contributed by atoms with Gasteiger partial charge >= 0.3 is 0 Å². The molecule has 146 valence electrons. The number of aliphatic imine (C=N–C) groups is 1. The number of carbonyl (C=O) groups excluding carboxylic acids is 1. The molecule has 0 saturated carbocycles. The number of hydrogen-bond acceptors (Lipinski definition) is 5. The van der Waals surface area contributed by atoms with Gasteiger partial charge in [0.25, 0.3) is 10.0 Å². The minimum Gasteiger partial charge on any atom is -0.497 e. The summed E-state index contributed by atoms with van der Waals surface area (Å²) < 4.78 is 33.6. The molecule has 1 N–H and O–H groups in total. The molecule has 2 aromatic carbocycles. The summed E-state index contributed by atoms with van der Waals surface area (Å²) in [6, 6.07) is 8.45. The van der Waals surface area contributed by atoms with Gasteiger partial charge < -0.3 is 9.64 Å². The number of ether oxygens (including phenoxy) is 1. The lowest BCUT2D eigenvalue weighted by Gasteiger charge is -2.17. The van der Waals surface area contributed by atoms with Gasteiger partial charge in [-0.3, -0.25) is 9.52 Å². The molecule has 2 aromatic rings. The highest BCUT2D eigenvalue weighted by atomic mass is 35.5. The van der Waals surface area contributed by atoms with Crippen LogP contribution < -0.4 is 14.4 Å². The van der Waals surface area contributed by atoms with Crippen molar-refractivity contribution in [1.29, 1.82) is 0 Å². The molecule has 7 nitrogen and oxygen atoms in total. The summed E-state index contributed by atoms with van der Waals surface area (Å²) in [5.41, 5.74) is 3.01. The van der Waals surface area contributed by atoms with Crippen molar-refractivity contribution in [2.45, 2.75) is 24.7 Å². The molecule has 0 atom stereocenters. The van der Waals surface area contributed by atoms with Gasteiger partial charge in [-0.25, -0.2) is 13.4 Å². The highest BCUT2D eigenvalue weighted by Crippen LogP contribution is 2.36. The molecule has 0 unspecified atom stereocenters. The standard InChI is InChI=1S/C19H18ClN3O4S/c1-11(24)23-6-5-12-8-15(20)18(10-17(12)23)28(25,26)22-19-9-13-7-14(27-2)3-4-16(13)21-19/h3-4,7-8,10H,5-6,9H2,1-2H3,(H,21,22). The Kier molecular flexibility index (Phi) is 4.55. The number of amidine groups is 1. The lowest BCUT2D eigenvalue weighted by molar-refractivity contribution is -0.116. The summed E-state index contributed by atoms with van der Waals surface area (Å²) in [6.07, 6.45) is 0.986. The minimum absolute atomic E-state index is 0.0719. The maximum atomic E-state index is 13.0. The van der Waals surface area contributed by atoms with E-state index in [2.05, 4.69) is 9.71 Å². The molecule has 0 saturated heterocycles. The lowest BCUT2D eigenvalue weighted by atomic mass is 10.1. The monoisotopic (exact) mass is 419 g/mol. The predicted molar refractivity (Wildman–Crippen MR) is 107 cm³/mol. The van der Waals surface area contributed by atoms with Gasteiger partial charge in [0.1, 0.15) is 16.5 Å². The molecular weight excluding hydrogens is 402 g/mol. The maximum absolute atomic E-state index is 13.0. The summed E-state index contributed by atoms with van der Waals surface area (Å²) in [4.78, 5) is 17.6. The third-order valence-corrected chi connectivity index (χ3v) is 6.70. The number of sulfonamides is 1. The van der Waals surface area contributed by atoms with Crippen molar-refractivity contribution in [3.8, 4) is 5.75 Å². The van der Waals surface area contributed by atoms with Gasteiger partial charge in [0.15, 0.2) is 0 Å². The summed E-state index contributed by atoms with van der Waals surface area (Å²) >= 11 is 6.25. The van der Waals surface area contributed by atoms with Crippen LogP contribution in [0.2, 0.25) is 5.02 Å². The first-order valence-corrected chi connectivity index (χ1v) is 10.5. The largest absolute Gasteiger partial charge is 0.497 e. The average molecular weight is 420 g/mol. The Balaban J connectivity index is 1.63. The van der Waals surface area contributed by atoms with Crippen molar-refractivity contribution in [3.05, 3.63) is 46.5 Å². The molecule has 0 aromatic heterocycles. The number of nitrogens with one attached hydrogen (secondary N) is 1. The highest BCUT2D eigenvalue weighted by molar-refractivity contribution is 7.90. The average Bonchev–Trinajstić information content (AvgIpc) is 3.22. The molecule has 0 bridgehead atoms. The van der Waals surface area contributed by atoms with E-state index in [-0.39, 0.29) is 15.8 Å². The Morgan fingerprint density at radius 2 is 2.04 bits per heavy atom. The zero-order chi connectivity index (χ0) is 20.1. The minimum atomic E-state index is -3.96. The predicted octanol–water partition coefficient (Wildman–Crippen LogP) is 2.82. The Hall–Kier alpha value is -2.58. The number of anilines is 1. The van der Waals surface area contributed by atoms with Gasteiger partial charge in [-0.1, -0.05) is 11.6 Å². The van der Waals surface area contributed by atoms with Crippen LogP contribution in [0.25, 0.3) is 0 Å². The van der Waals surface area contributed by atoms with E-state index in [1.807, 2.05) is 6.07 Å². The first-order valence-electron chi connectivity index (χ1n) is 8.66. The number of benzene rings is 2. The second-order valence-electron chi connectivity index (χ2n) is 6.67. The highest BCUT2D eigenvalue weighted by Gasteiger charge is 2.29. The Morgan fingerprint density at radius 1 is 1.25 bits per heavy atom. The molecule has 4 rings (SSSR count). The molecule has 2 aliphatic heterocycles. The molecule has 1 amide bonds. The van der Waals surface area contributed by atoms with Gasteiger partial charge in [0, 0.05) is 25.6 Å². The third-order valence-electron chi connectivity index (χ3n) is 4.85. The lowest BCUT2D eigenvalue weighted by Crippen LogP contribution is -2.31. The molecule has 28 heavy (non-hydrogen) atoms. The van der Waals surface area contributed by atoms with Crippen molar-refractivity contribution in [1.82, 2.24) is 4.72 Å². The summed E-state index contributed by atoms with van der Waals surface area (Å²) in [5, 5.41) is 0.120. The normalized spacial score (nSPS) is 15.1. The van der Waals surface area contributed by atoms with Crippen LogP contribution >= 0.6 is 11.6 Å². The topological polar surface area (TPSA) is 88.1 Å². The third kappa shape index (κ3) is 3.22. The van der Waals surface area contributed by atoms with Gasteiger partial charge in [-0.2, -0.15) is 0 Å². The summed E-state index contributed by atoms with van der Waals surface area (Å²) in [5.74, 6) is 0.856. The molecule has 0 spiro atoms. The fraction of sp³-hybridized carbons (Fsp3) is 0.263. The van der Waals surface area contributed by atoms with Crippen molar-refractivity contribution in [3.63, 3.8) is 0 Å². The van der Waals surface area contributed by atoms with Crippen molar-refractivity contribution >= 4 is 44.7 Å². The fourth-order valence-electron chi connectivity index (χ4n) is 3.49. The number of hydrogen-bond donors (Lipinski definition) is 1. The summed E-state index contributed by atoms with van der Waals surface area (Å²) in [6.45, 7) is 1.97. The van der Waals surface area contributed by atoms with Crippen LogP contribution in [0.5, 0.6) is 5.75 Å². The summed E-state index contributed by atoms with van der Waals surface area (Å²) in [7, 11) is -2.39. The zero-order valence-electron chi connectivity index (χ0n) is 15.3. The smallest absolute Gasteiger partial charge is 0.264 e. The van der Waals surface area contributed by atoms with E-state index in [0.29, 0.717) is 42.3 Å². The van der Waals surface area contributed by atoms with Gasteiger partial charge in [-0.15, -0.1) is 0 Å². The Morgan fingerprint density at radius 3 is 2.75 bits per heavy atom. The van der Waals surface area contributed by atoms with E-state index in [9.17, 15) is 13.2 Å². The number of fused-ring (bicyclic) bond motifs is 2. The maximum Gasteiger partial charge on any atom is 0.264 e. The SMILES string of the molecule is COc1ccc2c(c1)CC(NS(=O)(=O)c1cc3c(cc1Cl)CCN3C(C)=O)=N2. The molecule has 2 aliphatic rings. The number of nitrogens with zero attached hydrogens (tertiary/aromatic N) is 2. The van der Waals surface area contributed by atoms with Crippen molar-refractivity contribution in [2.24, 2.45) is 4.99 Å². The Bertz CT molecular complexity index is 1130. The van der Waals surface area contributed by atoms with Crippen LogP contribution in [-0.2, 0) is 27.7 Å². The number of amides is 1. The second-order valence-corrected chi connectivity index (χ2v) is 8.73. The molecule has 0 radical (unpaired) electrons. The van der Waals surface area contributed by atoms with Crippen LogP contribution in [0.4, 0.5) is 11.4 Å². The number of halogens is 1. The fourth-order valence-corrected chi connectivity index (χ4v) is 5.11. The van der Waals surface area contributed by atoms with Crippen LogP contribution in [-0.4, -0.2) is 33.8 Å². The first kappa shape index (κ1) is 18.8. The van der Waals surface area contributed by atoms with E-state index < -0.39 is 10.0 Å². The van der Waals surface area contributed by atoms with Crippen LogP contribution in [0.3, 0.4) is 0 Å². The van der Waals surface area contributed by atoms with Crippen molar-refractivity contribution < 1.29 is 17.9 Å². The number of methoxy groups -OCH3 is 1. The van der Waals surface area contributed by atoms with Gasteiger partial charge in [-0.05, 0) is 47.9 Å². The first-order chi connectivity index (χ1) is 13.3. The zero-order valence-corrected chi connectivity index (χ0v) is 16.9. The van der Waals surface area contributed by atoms with E-state index in [1.165, 1.54) is 13.0 Å². The second kappa shape index (κ2) is 6.79. The van der Waals surface area contributed by atoms with Crippen LogP contribution in [0, 0.1) is 0 Å².